The predicted octanol–water partition coefficient (Wildman–Crippen LogP) is 3.46. The number of nitrogens with one attached hydrogen (secondary N) is 1. The summed E-state index contributed by atoms with van der Waals surface area (Å²) in [6.07, 6.45) is 5.35. The van der Waals surface area contributed by atoms with E-state index in [1.165, 1.54) is 30.6 Å². The lowest BCUT2D eigenvalue weighted by molar-refractivity contribution is 0.356. The Morgan fingerprint density at radius 3 is 2.95 bits per heavy atom. The summed E-state index contributed by atoms with van der Waals surface area (Å²) in [5, 5.41) is 9.72. The standard InChI is InChI=1S/C14H19N3OS/c1-10-16-13(17-18-10)9-15-14(11-5-2-3-6-11)12-7-4-8-19-12/h4,7-8,11,14-15H,2-3,5-6,9H2,1H3. The smallest absolute Gasteiger partial charge is 0.223 e. The maximum atomic E-state index is 5.01. The molecule has 1 aliphatic rings. The highest BCUT2D eigenvalue weighted by molar-refractivity contribution is 7.10. The Kier molecular flexibility index (Phi) is 3.94. The largest absolute Gasteiger partial charge is 0.340 e. The van der Waals surface area contributed by atoms with Gasteiger partial charge in [0.2, 0.25) is 5.89 Å². The van der Waals surface area contributed by atoms with Crippen LogP contribution < -0.4 is 5.32 Å². The third-order valence-corrected chi connectivity index (χ3v) is 4.73. The fourth-order valence-corrected chi connectivity index (χ4v) is 3.77. The van der Waals surface area contributed by atoms with E-state index in [1.54, 1.807) is 0 Å². The van der Waals surface area contributed by atoms with E-state index in [1.807, 2.05) is 18.3 Å². The first-order valence-corrected chi connectivity index (χ1v) is 7.77. The molecule has 2 heterocycles. The topological polar surface area (TPSA) is 51.0 Å². The van der Waals surface area contributed by atoms with Crippen LogP contribution >= 0.6 is 11.3 Å². The molecule has 102 valence electrons. The van der Waals surface area contributed by atoms with Crippen LogP contribution in [0, 0.1) is 12.8 Å². The number of hydrogen-bond donors (Lipinski definition) is 1. The molecule has 0 saturated heterocycles. The molecular formula is C14H19N3OS. The first-order valence-electron chi connectivity index (χ1n) is 6.89. The lowest BCUT2D eigenvalue weighted by atomic mass is 9.97. The van der Waals surface area contributed by atoms with Crippen LogP contribution in [-0.2, 0) is 6.54 Å². The third-order valence-electron chi connectivity index (χ3n) is 3.77. The van der Waals surface area contributed by atoms with Crippen LogP contribution in [-0.4, -0.2) is 10.1 Å². The summed E-state index contributed by atoms with van der Waals surface area (Å²) in [4.78, 5) is 5.68. The molecule has 0 bridgehead atoms. The molecule has 1 N–H and O–H groups in total. The van der Waals surface area contributed by atoms with E-state index >= 15 is 0 Å². The van der Waals surface area contributed by atoms with Crippen molar-refractivity contribution in [1.82, 2.24) is 15.5 Å². The van der Waals surface area contributed by atoms with E-state index in [-0.39, 0.29) is 0 Å². The van der Waals surface area contributed by atoms with Crippen LogP contribution in [0.4, 0.5) is 0 Å². The molecule has 1 saturated carbocycles. The third kappa shape index (κ3) is 3.04. The van der Waals surface area contributed by atoms with Gasteiger partial charge in [0.15, 0.2) is 5.82 Å². The van der Waals surface area contributed by atoms with Gasteiger partial charge in [0.1, 0.15) is 0 Å². The SMILES string of the molecule is Cc1nc(CNC(c2cccs2)C2CCCC2)no1. The second kappa shape index (κ2) is 5.84. The van der Waals surface area contributed by atoms with Gasteiger partial charge in [-0.05, 0) is 30.2 Å². The van der Waals surface area contributed by atoms with Gasteiger partial charge in [-0.3, -0.25) is 0 Å². The average Bonchev–Trinajstić information content (AvgIpc) is 3.11. The van der Waals surface area contributed by atoms with Gasteiger partial charge in [-0.15, -0.1) is 11.3 Å². The van der Waals surface area contributed by atoms with Crippen molar-refractivity contribution in [3.63, 3.8) is 0 Å². The average molecular weight is 277 g/mol. The second-order valence-corrected chi connectivity index (χ2v) is 6.13. The molecule has 0 aromatic carbocycles. The zero-order valence-corrected chi connectivity index (χ0v) is 11.9. The van der Waals surface area contributed by atoms with E-state index in [0.29, 0.717) is 18.5 Å². The number of thiophene rings is 1. The van der Waals surface area contributed by atoms with Gasteiger partial charge in [0.25, 0.3) is 0 Å². The van der Waals surface area contributed by atoms with Crippen LogP contribution in [0.5, 0.6) is 0 Å². The van der Waals surface area contributed by atoms with E-state index in [0.717, 1.165) is 11.7 Å². The summed E-state index contributed by atoms with van der Waals surface area (Å²) in [6.45, 7) is 2.50. The van der Waals surface area contributed by atoms with Crippen molar-refractivity contribution in [2.75, 3.05) is 0 Å². The summed E-state index contributed by atoms with van der Waals surface area (Å²) in [7, 11) is 0. The van der Waals surface area contributed by atoms with Gasteiger partial charge in [-0.1, -0.05) is 24.1 Å². The summed E-state index contributed by atoms with van der Waals surface area (Å²) < 4.78 is 5.01. The Balaban J connectivity index is 1.68. The quantitative estimate of drug-likeness (QED) is 0.909. The summed E-state index contributed by atoms with van der Waals surface area (Å²) in [5.41, 5.74) is 0. The lowest BCUT2D eigenvalue weighted by Crippen LogP contribution is -2.26. The minimum absolute atomic E-state index is 0.432. The summed E-state index contributed by atoms with van der Waals surface area (Å²) >= 11 is 1.83. The predicted molar refractivity (Wildman–Crippen MR) is 74.9 cm³/mol. The maximum absolute atomic E-state index is 5.01. The van der Waals surface area contributed by atoms with Crippen molar-refractivity contribution in [3.05, 3.63) is 34.1 Å². The Bertz CT molecular complexity index is 503. The Morgan fingerprint density at radius 2 is 2.32 bits per heavy atom. The summed E-state index contributed by atoms with van der Waals surface area (Å²) in [5.74, 6) is 2.12. The lowest BCUT2D eigenvalue weighted by Gasteiger charge is -2.23. The normalized spacial score (nSPS) is 17.9. The van der Waals surface area contributed by atoms with Gasteiger partial charge < -0.3 is 9.84 Å². The van der Waals surface area contributed by atoms with Crippen LogP contribution in [0.3, 0.4) is 0 Å². The molecule has 1 unspecified atom stereocenters. The molecule has 0 radical (unpaired) electrons. The van der Waals surface area contributed by atoms with Crippen molar-refractivity contribution < 1.29 is 4.52 Å². The Morgan fingerprint density at radius 1 is 1.47 bits per heavy atom. The van der Waals surface area contributed by atoms with Crippen molar-refractivity contribution >= 4 is 11.3 Å². The molecule has 4 nitrogen and oxygen atoms in total. The zero-order chi connectivity index (χ0) is 13.1. The monoisotopic (exact) mass is 277 g/mol. The Hall–Kier alpha value is -1.20. The van der Waals surface area contributed by atoms with Gasteiger partial charge in [-0.2, -0.15) is 4.98 Å². The fraction of sp³-hybridized carbons (Fsp3) is 0.571. The van der Waals surface area contributed by atoms with Crippen molar-refractivity contribution in [2.45, 2.75) is 45.2 Å². The maximum Gasteiger partial charge on any atom is 0.223 e. The van der Waals surface area contributed by atoms with Crippen LogP contribution in [0.1, 0.15) is 48.3 Å². The number of aromatic nitrogens is 2. The van der Waals surface area contributed by atoms with Gasteiger partial charge >= 0.3 is 0 Å². The number of hydrogen-bond acceptors (Lipinski definition) is 5. The second-order valence-electron chi connectivity index (χ2n) is 5.15. The minimum atomic E-state index is 0.432. The highest BCUT2D eigenvalue weighted by Gasteiger charge is 2.26. The highest BCUT2D eigenvalue weighted by atomic mass is 32.1. The molecule has 2 aromatic rings. The van der Waals surface area contributed by atoms with E-state index < -0.39 is 0 Å². The first kappa shape index (κ1) is 12.8. The summed E-state index contributed by atoms with van der Waals surface area (Å²) in [6, 6.07) is 4.78. The molecule has 0 spiro atoms. The van der Waals surface area contributed by atoms with Gasteiger partial charge in [-0.25, -0.2) is 0 Å². The van der Waals surface area contributed by atoms with Gasteiger partial charge in [0, 0.05) is 17.8 Å². The molecule has 1 fully saturated rings. The van der Waals surface area contributed by atoms with E-state index in [2.05, 4.69) is 33.0 Å². The van der Waals surface area contributed by atoms with Crippen molar-refractivity contribution in [1.29, 1.82) is 0 Å². The molecule has 19 heavy (non-hydrogen) atoms. The fourth-order valence-electron chi connectivity index (χ4n) is 2.87. The molecule has 1 aliphatic carbocycles. The molecule has 2 aromatic heterocycles. The molecule has 3 rings (SSSR count). The molecule has 0 amide bonds. The molecule has 1 atom stereocenters. The van der Waals surface area contributed by atoms with Crippen LogP contribution in [0.2, 0.25) is 0 Å². The van der Waals surface area contributed by atoms with Crippen molar-refractivity contribution in [2.24, 2.45) is 5.92 Å². The minimum Gasteiger partial charge on any atom is -0.340 e. The molecule has 5 heteroatoms. The van der Waals surface area contributed by atoms with E-state index in [4.69, 9.17) is 4.52 Å². The highest BCUT2D eigenvalue weighted by Crippen LogP contribution is 2.37. The molecular weight excluding hydrogens is 258 g/mol. The number of rotatable bonds is 5. The zero-order valence-electron chi connectivity index (χ0n) is 11.1. The molecule has 0 aliphatic heterocycles. The van der Waals surface area contributed by atoms with Crippen molar-refractivity contribution in [3.8, 4) is 0 Å². The van der Waals surface area contributed by atoms with Crippen LogP contribution in [0.25, 0.3) is 0 Å². The van der Waals surface area contributed by atoms with Crippen LogP contribution in [0.15, 0.2) is 22.0 Å². The number of aryl methyl sites for hydroxylation is 1. The van der Waals surface area contributed by atoms with Gasteiger partial charge in [0.05, 0.1) is 6.54 Å². The first-order chi connectivity index (χ1) is 9.33. The number of nitrogens with zero attached hydrogens (tertiary/aromatic N) is 2. The van der Waals surface area contributed by atoms with E-state index in [9.17, 15) is 0 Å². The Labute approximate surface area is 117 Å².